The van der Waals surface area contributed by atoms with Crippen molar-refractivity contribution in [2.75, 3.05) is 26.2 Å². The summed E-state index contributed by atoms with van der Waals surface area (Å²) >= 11 is 0.999. The first-order valence-corrected chi connectivity index (χ1v) is 13.1. The van der Waals surface area contributed by atoms with Gasteiger partial charge in [-0.3, -0.25) is 9.78 Å². The van der Waals surface area contributed by atoms with Gasteiger partial charge in [-0.15, -0.1) is 0 Å². The van der Waals surface area contributed by atoms with E-state index in [9.17, 15) is 13.2 Å². The molecule has 1 aliphatic carbocycles. The maximum absolute atomic E-state index is 13.5. The summed E-state index contributed by atoms with van der Waals surface area (Å²) in [5.41, 5.74) is 3.43. The number of para-hydroxylation sites is 1. The molecular weight excluding hydrogens is 458 g/mol. The highest BCUT2D eigenvalue weighted by Crippen LogP contribution is 2.40. The lowest BCUT2D eigenvalue weighted by Gasteiger charge is -2.34. The van der Waals surface area contributed by atoms with Crippen LogP contribution in [0.4, 0.5) is 0 Å². The van der Waals surface area contributed by atoms with Gasteiger partial charge in [0.1, 0.15) is 15.9 Å². The molecule has 0 N–H and O–H groups in total. The Kier molecular flexibility index (Phi) is 4.89. The normalized spacial score (nSPS) is 17.6. The number of fused-ring (bicyclic) bond motifs is 2. The number of sulfonamides is 1. The Labute approximate surface area is 195 Å². The van der Waals surface area contributed by atoms with Gasteiger partial charge in [0.25, 0.3) is 5.91 Å². The first-order chi connectivity index (χ1) is 16.0. The average molecular weight is 480 g/mol. The SMILES string of the molecule is O=C(c1cc(C2CC2)nc2ccccc12)N1CCN(S(=O)(=O)c2cccc3nsnc23)CC1. The first kappa shape index (κ1) is 20.6. The number of pyridine rings is 1. The molecule has 0 bridgehead atoms. The van der Waals surface area contributed by atoms with Crippen molar-refractivity contribution in [3.05, 3.63) is 59.8 Å². The van der Waals surface area contributed by atoms with Gasteiger partial charge < -0.3 is 4.90 Å². The maximum atomic E-state index is 13.5. The largest absolute Gasteiger partial charge is 0.336 e. The average Bonchev–Trinajstić information content (AvgIpc) is 3.59. The molecule has 0 unspecified atom stereocenters. The second-order valence-electron chi connectivity index (χ2n) is 8.47. The van der Waals surface area contributed by atoms with Crippen molar-refractivity contribution in [3.8, 4) is 0 Å². The number of benzene rings is 2. The van der Waals surface area contributed by atoms with E-state index in [1.807, 2.05) is 30.3 Å². The Balaban J connectivity index is 1.25. The van der Waals surface area contributed by atoms with Crippen molar-refractivity contribution in [3.63, 3.8) is 0 Å². The van der Waals surface area contributed by atoms with Crippen molar-refractivity contribution in [2.24, 2.45) is 0 Å². The number of aromatic nitrogens is 3. The molecule has 6 rings (SSSR count). The first-order valence-electron chi connectivity index (χ1n) is 10.9. The highest BCUT2D eigenvalue weighted by molar-refractivity contribution is 7.89. The van der Waals surface area contributed by atoms with Gasteiger partial charge >= 0.3 is 0 Å². The van der Waals surface area contributed by atoms with E-state index in [0.29, 0.717) is 35.6 Å². The molecule has 1 aliphatic heterocycles. The van der Waals surface area contributed by atoms with E-state index >= 15 is 0 Å². The van der Waals surface area contributed by atoms with E-state index < -0.39 is 10.0 Å². The zero-order valence-electron chi connectivity index (χ0n) is 17.7. The molecule has 33 heavy (non-hydrogen) atoms. The standard InChI is InChI=1S/C23H21N5O3S2/c29-23(17-14-20(15-8-9-15)24-18-5-2-1-4-16(17)18)27-10-12-28(13-11-27)33(30,31)21-7-3-6-19-22(21)26-32-25-19/h1-7,14-15H,8-13H2. The highest BCUT2D eigenvalue weighted by atomic mass is 32.2. The number of rotatable bonds is 4. The maximum Gasteiger partial charge on any atom is 0.254 e. The lowest BCUT2D eigenvalue weighted by Crippen LogP contribution is -2.50. The van der Waals surface area contributed by atoms with Gasteiger partial charge in [-0.2, -0.15) is 13.1 Å². The topological polar surface area (TPSA) is 96.4 Å². The minimum Gasteiger partial charge on any atom is -0.336 e. The predicted octanol–water partition coefficient (Wildman–Crippen LogP) is 3.26. The summed E-state index contributed by atoms with van der Waals surface area (Å²) in [5.74, 6) is 0.365. The Hall–Kier alpha value is -2.95. The zero-order chi connectivity index (χ0) is 22.6. The lowest BCUT2D eigenvalue weighted by atomic mass is 10.0. The van der Waals surface area contributed by atoms with Crippen LogP contribution in [0.3, 0.4) is 0 Å². The van der Waals surface area contributed by atoms with Crippen molar-refractivity contribution < 1.29 is 13.2 Å². The molecule has 3 heterocycles. The fourth-order valence-electron chi connectivity index (χ4n) is 4.39. The van der Waals surface area contributed by atoms with E-state index in [0.717, 1.165) is 41.2 Å². The van der Waals surface area contributed by atoms with Crippen LogP contribution in [-0.4, -0.2) is 63.4 Å². The minimum absolute atomic E-state index is 0.0710. The van der Waals surface area contributed by atoms with Gasteiger partial charge in [-0.1, -0.05) is 24.3 Å². The summed E-state index contributed by atoms with van der Waals surface area (Å²) < 4.78 is 36.4. The molecule has 2 fully saturated rings. The molecule has 0 radical (unpaired) electrons. The number of piperazine rings is 1. The zero-order valence-corrected chi connectivity index (χ0v) is 19.3. The molecule has 1 saturated carbocycles. The summed E-state index contributed by atoms with van der Waals surface area (Å²) in [7, 11) is -3.73. The number of carbonyl (C=O) groups is 1. The van der Waals surface area contributed by atoms with Crippen molar-refractivity contribution in [1.29, 1.82) is 0 Å². The third-order valence-electron chi connectivity index (χ3n) is 6.35. The highest BCUT2D eigenvalue weighted by Gasteiger charge is 2.33. The molecule has 2 aromatic carbocycles. The van der Waals surface area contributed by atoms with Gasteiger partial charge in [-0.05, 0) is 37.1 Å². The van der Waals surface area contributed by atoms with Crippen LogP contribution in [0.5, 0.6) is 0 Å². The van der Waals surface area contributed by atoms with Gasteiger partial charge in [0.15, 0.2) is 0 Å². The second-order valence-corrected chi connectivity index (χ2v) is 10.9. The van der Waals surface area contributed by atoms with Crippen LogP contribution >= 0.6 is 11.7 Å². The van der Waals surface area contributed by atoms with E-state index in [1.54, 1.807) is 23.1 Å². The van der Waals surface area contributed by atoms with Crippen molar-refractivity contribution in [1.82, 2.24) is 22.9 Å². The van der Waals surface area contributed by atoms with Crippen LogP contribution in [0.1, 0.15) is 34.8 Å². The van der Waals surface area contributed by atoms with Crippen LogP contribution in [0, 0.1) is 0 Å². The van der Waals surface area contributed by atoms with E-state index in [1.165, 1.54) is 4.31 Å². The number of nitrogens with zero attached hydrogens (tertiary/aromatic N) is 5. The Bertz CT molecular complexity index is 1490. The van der Waals surface area contributed by atoms with Crippen molar-refractivity contribution >= 4 is 49.6 Å². The fourth-order valence-corrected chi connectivity index (χ4v) is 6.57. The monoisotopic (exact) mass is 479 g/mol. The smallest absolute Gasteiger partial charge is 0.254 e. The molecular formula is C23H21N5O3S2. The number of hydrogen-bond acceptors (Lipinski definition) is 7. The summed E-state index contributed by atoms with van der Waals surface area (Å²) in [4.78, 5) is 20.2. The molecule has 168 valence electrons. The van der Waals surface area contributed by atoms with Gasteiger partial charge in [0.2, 0.25) is 10.0 Å². The Morgan fingerprint density at radius 1 is 0.939 bits per heavy atom. The lowest BCUT2D eigenvalue weighted by molar-refractivity contribution is 0.0699. The second kappa shape index (κ2) is 7.82. The molecule has 2 aliphatic rings. The molecule has 1 saturated heterocycles. The van der Waals surface area contributed by atoms with Gasteiger partial charge in [0.05, 0.1) is 22.8 Å². The van der Waals surface area contributed by atoms with Crippen LogP contribution in [-0.2, 0) is 10.0 Å². The van der Waals surface area contributed by atoms with Crippen molar-refractivity contribution in [2.45, 2.75) is 23.7 Å². The molecule has 0 atom stereocenters. The predicted molar refractivity (Wildman–Crippen MR) is 126 cm³/mol. The number of hydrogen-bond donors (Lipinski definition) is 0. The van der Waals surface area contributed by atoms with Crippen LogP contribution in [0.25, 0.3) is 21.9 Å². The summed E-state index contributed by atoms with van der Waals surface area (Å²) in [5, 5.41) is 0.838. The molecule has 0 spiro atoms. The minimum atomic E-state index is -3.73. The van der Waals surface area contributed by atoms with E-state index in [-0.39, 0.29) is 23.9 Å². The van der Waals surface area contributed by atoms with E-state index in [2.05, 4.69) is 8.75 Å². The molecule has 2 aromatic heterocycles. The molecule has 4 aromatic rings. The van der Waals surface area contributed by atoms with E-state index in [4.69, 9.17) is 4.98 Å². The van der Waals surface area contributed by atoms with Gasteiger partial charge in [-0.25, -0.2) is 8.42 Å². The third kappa shape index (κ3) is 3.58. The molecule has 8 nitrogen and oxygen atoms in total. The Morgan fingerprint density at radius 2 is 1.70 bits per heavy atom. The summed E-state index contributed by atoms with van der Waals surface area (Å²) in [6.07, 6.45) is 2.22. The Morgan fingerprint density at radius 3 is 2.48 bits per heavy atom. The third-order valence-corrected chi connectivity index (χ3v) is 8.83. The summed E-state index contributed by atoms with van der Waals surface area (Å²) in [6, 6.07) is 14.6. The number of amides is 1. The van der Waals surface area contributed by atoms with Crippen LogP contribution in [0.15, 0.2) is 53.4 Å². The molecule has 10 heteroatoms. The summed E-state index contributed by atoms with van der Waals surface area (Å²) in [6.45, 7) is 1.14. The van der Waals surface area contributed by atoms with Gasteiger partial charge in [0, 0.05) is 43.2 Å². The number of carbonyl (C=O) groups excluding carboxylic acids is 1. The van der Waals surface area contributed by atoms with Crippen LogP contribution in [0.2, 0.25) is 0 Å². The quantitative estimate of drug-likeness (QED) is 0.446. The fraction of sp³-hybridized carbons (Fsp3) is 0.304. The van der Waals surface area contributed by atoms with Crippen LogP contribution < -0.4 is 0 Å². The molecule has 1 amide bonds.